The molecule has 2 aliphatic heterocycles. The first-order chi connectivity index (χ1) is 16.5. The van der Waals surface area contributed by atoms with Crippen LogP contribution in [-0.2, 0) is 19.9 Å². The molecular formula is C27H20N2O5. The van der Waals surface area contributed by atoms with Gasteiger partial charge < -0.3 is 14.4 Å². The van der Waals surface area contributed by atoms with Crippen LogP contribution >= 0.6 is 0 Å². The molecule has 0 unspecified atom stereocenters. The maximum absolute atomic E-state index is 13.8. The molecule has 0 bridgehead atoms. The average molecular weight is 452 g/mol. The van der Waals surface area contributed by atoms with Crippen LogP contribution < -0.4 is 4.90 Å². The molecule has 0 aromatic heterocycles. The number of anilines is 1. The van der Waals surface area contributed by atoms with E-state index in [4.69, 9.17) is 9.47 Å². The number of carbonyl (C=O) groups excluding carboxylic acids is 1. The number of non-ortho nitro benzene ring substituents is 1. The van der Waals surface area contributed by atoms with Crippen LogP contribution in [0.4, 0.5) is 11.4 Å². The minimum atomic E-state index is -1.47. The molecule has 1 amide bonds. The lowest BCUT2D eigenvalue weighted by Gasteiger charge is -2.27. The normalized spacial score (nSPS) is 23.6. The third-order valence-corrected chi connectivity index (χ3v) is 6.67. The van der Waals surface area contributed by atoms with Crippen molar-refractivity contribution < 1.29 is 19.2 Å². The molecule has 2 heterocycles. The molecule has 7 nitrogen and oxygen atoms in total. The van der Waals surface area contributed by atoms with Gasteiger partial charge in [-0.3, -0.25) is 14.9 Å². The number of carbonyl (C=O) groups is 1. The smallest absolute Gasteiger partial charge is 0.269 e. The number of nitrogens with zero attached hydrogens (tertiary/aromatic N) is 2. The molecule has 0 N–H and O–H groups in total. The van der Waals surface area contributed by atoms with Crippen LogP contribution in [-0.4, -0.2) is 17.9 Å². The first-order valence-electron chi connectivity index (χ1n) is 10.9. The van der Waals surface area contributed by atoms with Crippen molar-refractivity contribution in [3.8, 4) is 0 Å². The van der Waals surface area contributed by atoms with Crippen molar-refractivity contribution in [3.63, 3.8) is 0 Å². The summed E-state index contributed by atoms with van der Waals surface area (Å²) < 4.78 is 13.1. The minimum Gasteiger partial charge on any atom is -0.336 e. The second-order valence-corrected chi connectivity index (χ2v) is 8.50. The molecule has 168 valence electrons. The Morgan fingerprint density at radius 2 is 1.68 bits per heavy atom. The van der Waals surface area contributed by atoms with Gasteiger partial charge in [0.1, 0.15) is 6.10 Å². The summed E-state index contributed by atoms with van der Waals surface area (Å²) in [5.41, 5.74) is 1.17. The van der Waals surface area contributed by atoms with Crippen molar-refractivity contribution in [1.82, 2.24) is 0 Å². The highest BCUT2D eigenvalue weighted by Gasteiger charge is 2.63. The molecule has 1 spiro atoms. The third-order valence-electron chi connectivity index (χ3n) is 6.67. The lowest BCUT2D eigenvalue weighted by Crippen LogP contribution is -2.42. The number of hydrogen-bond acceptors (Lipinski definition) is 5. The fourth-order valence-corrected chi connectivity index (χ4v) is 5.11. The summed E-state index contributed by atoms with van der Waals surface area (Å²) >= 11 is 0. The molecule has 3 atom stereocenters. The molecule has 2 aliphatic rings. The Hall–Kier alpha value is -4.07. The van der Waals surface area contributed by atoms with Crippen molar-refractivity contribution in [2.45, 2.75) is 18.0 Å². The summed E-state index contributed by atoms with van der Waals surface area (Å²) in [5.74, 6) is -0.270. The molecular weight excluding hydrogens is 432 g/mol. The minimum absolute atomic E-state index is 0.0723. The maximum Gasteiger partial charge on any atom is 0.269 e. The monoisotopic (exact) mass is 452 g/mol. The molecule has 1 saturated heterocycles. The molecule has 4 aromatic rings. The zero-order chi connectivity index (χ0) is 23.4. The van der Waals surface area contributed by atoms with Crippen LogP contribution in [0, 0.1) is 10.1 Å². The summed E-state index contributed by atoms with van der Waals surface area (Å²) in [6.45, 7) is 0. The Morgan fingerprint density at radius 3 is 2.53 bits per heavy atom. The average Bonchev–Trinajstić information content (AvgIpc) is 3.37. The van der Waals surface area contributed by atoms with Crippen LogP contribution in [0.25, 0.3) is 10.8 Å². The predicted molar refractivity (Wildman–Crippen MR) is 126 cm³/mol. The number of fused-ring (bicyclic) bond motifs is 3. The largest absolute Gasteiger partial charge is 0.336 e. The number of benzene rings is 4. The standard InChI is InChI=1S/C27H20N2O5/c1-28-23-15-5-4-14-22(23)27(26(28)30)24(18-10-6-11-19(16-18)29(31)32)33-25(34-27)21-13-7-9-17-8-2-3-12-20(17)21/h2-16,24-25H,1H3/t24-,25+,27-/m1/s1. The van der Waals surface area contributed by atoms with Gasteiger partial charge >= 0.3 is 0 Å². The second kappa shape index (κ2) is 7.48. The molecule has 6 rings (SSSR count). The molecule has 0 radical (unpaired) electrons. The molecule has 7 heteroatoms. The topological polar surface area (TPSA) is 81.9 Å². The summed E-state index contributed by atoms with van der Waals surface area (Å²) in [6, 6.07) is 27.4. The van der Waals surface area contributed by atoms with Gasteiger partial charge in [0.2, 0.25) is 5.60 Å². The van der Waals surface area contributed by atoms with E-state index in [1.165, 1.54) is 12.1 Å². The zero-order valence-electron chi connectivity index (χ0n) is 18.3. The van der Waals surface area contributed by atoms with Gasteiger partial charge in [-0.15, -0.1) is 0 Å². The Kier molecular flexibility index (Phi) is 4.52. The van der Waals surface area contributed by atoms with Crippen molar-refractivity contribution in [2.75, 3.05) is 11.9 Å². The van der Waals surface area contributed by atoms with E-state index in [9.17, 15) is 14.9 Å². The number of hydrogen-bond donors (Lipinski definition) is 0. The van der Waals surface area contributed by atoms with Crippen LogP contribution in [0.5, 0.6) is 0 Å². The number of nitro benzene ring substituents is 1. The van der Waals surface area contributed by atoms with Crippen LogP contribution in [0.1, 0.15) is 29.1 Å². The number of rotatable bonds is 3. The predicted octanol–water partition coefficient (Wildman–Crippen LogP) is 5.41. The Morgan fingerprint density at radius 1 is 0.941 bits per heavy atom. The van der Waals surface area contributed by atoms with E-state index >= 15 is 0 Å². The molecule has 0 saturated carbocycles. The van der Waals surface area contributed by atoms with E-state index in [2.05, 4.69) is 0 Å². The van der Waals surface area contributed by atoms with Crippen LogP contribution in [0.3, 0.4) is 0 Å². The summed E-state index contributed by atoms with van der Waals surface area (Å²) in [6.07, 6.45) is -1.73. The summed E-state index contributed by atoms with van der Waals surface area (Å²) in [4.78, 5) is 26.4. The zero-order valence-corrected chi connectivity index (χ0v) is 18.3. The Balaban J connectivity index is 1.56. The van der Waals surface area contributed by atoms with Crippen LogP contribution in [0.2, 0.25) is 0 Å². The highest BCUT2D eigenvalue weighted by Crippen LogP contribution is 2.58. The van der Waals surface area contributed by atoms with E-state index < -0.39 is 22.9 Å². The number of para-hydroxylation sites is 1. The second-order valence-electron chi connectivity index (χ2n) is 8.50. The highest BCUT2D eigenvalue weighted by atomic mass is 16.7. The van der Waals surface area contributed by atoms with E-state index in [-0.39, 0.29) is 11.6 Å². The number of likely N-dealkylation sites (N-methyl/N-ethyl adjacent to an activating group) is 1. The van der Waals surface area contributed by atoms with Gasteiger partial charge in [-0.2, -0.15) is 0 Å². The van der Waals surface area contributed by atoms with Gasteiger partial charge in [0.25, 0.3) is 11.6 Å². The Bertz CT molecular complexity index is 1460. The lowest BCUT2D eigenvalue weighted by molar-refractivity contribution is -0.385. The number of ether oxygens (including phenoxy) is 2. The molecule has 34 heavy (non-hydrogen) atoms. The van der Waals surface area contributed by atoms with Gasteiger partial charge in [-0.05, 0) is 22.4 Å². The summed E-state index contributed by atoms with van der Waals surface area (Å²) in [5, 5.41) is 13.5. The molecule has 4 aromatic carbocycles. The highest BCUT2D eigenvalue weighted by molar-refractivity contribution is 6.07. The van der Waals surface area contributed by atoms with Crippen molar-refractivity contribution >= 4 is 28.1 Å². The van der Waals surface area contributed by atoms with Gasteiger partial charge in [0.05, 0.1) is 10.6 Å². The third kappa shape index (κ3) is 2.81. The lowest BCUT2D eigenvalue weighted by atomic mass is 9.85. The van der Waals surface area contributed by atoms with E-state index in [0.29, 0.717) is 11.1 Å². The number of amides is 1. The Labute approximate surface area is 195 Å². The first kappa shape index (κ1) is 20.5. The van der Waals surface area contributed by atoms with Crippen molar-refractivity contribution in [1.29, 1.82) is 0 Å². The van der Waals surface area contributed by atoms with E-state index in [1.807, 2.05) is 66.7 Å². The van der Waals surface area contributed by atoms with Crippen molar-refractivity contribution in [2.24, 2.45) is 0 Å². The first-order valence-corrected chi connectivity index (χ1v) is 10.9. The fourth-order valence-electron chi connectivity index (χ4n) is 5.11. The molecule has 1 fully saturated rings. The maximum atomic E-state index is 13.8. The SMILES string of the molecule is CN1C(=O)[C@@]2(O[C@@H](c3cccc4ccccc34)O[C@@H]2c2cccc([N+](=O)[O-])c2)c2ccccc21. The van der Waals surface area contributed by atoms with Gasteiger partial charge in [-0.1, -0.05) is 72.8 Å². The fraction of sp³-hybridized carbons (Fsp3) is 0.148. The van der Waals surface area contributed by atoms with Crippen LogP contribution in [0.15, 0.2) is 91.0 Å². The van der Waals surface area contributed by atoms with E-state index in [1.54, 1.807) is 24.1 Å². The van der Waals surface area contributed by atoms with Gasteiger partial charge in [-0.25, -0.2) is 0 Å². The van der Waals surface area contributed by atoms with Gasteiger partial charge in [0.15, 0.2) is 6.29 Å². The summed E-state index contributed by atoms with van der Waals surface area (Å²) in [7, 11) is 1.70. The van der Waals surface area contributed by atoms with Crippen molar-refractivity contribution in [3.05, 3.63) is 118 Å². The molecule has 0 aliphatic carbocycles. The number of nitro groups is 1. The quantitative estimate of drug-likeness (QED) is 0.307. The van der Waals surface area contributed by atoms with E-state index in [0.717, 1.165) is 22.0 Å². The van der Waals surface area contributed by atoms with Gasteiger partial charge in [0, 0.05) is 30.3 Å².